The molecule has 1 nitrogen and oxygen atoms in total. The van der Waals surface area contributed by atoms with Crippen LogP contribution in [0.3, 0.4) is 0 Å². The van der Waals surface area contributed by atoms with Crippen molar-refractivity contribution < 1.29 is 13.6 Å². The minimum atomic E-state index is -0.667. The van der Waals surface area contributed by atoms with Gasteiger partial charge >= 0.3 is 0 Å². The highest BCUT2D eigenvalue weighted by Gasteiger charge is 2.13. The van der Waals surface area contributed by atoms with Gasteiger partial charge in [-0.2, -0.15) is 0 Å². The molecule has 0 saturated carbocycles. The zero-order valence-corrected chi connectivity index (χ0v) is 11.8. The van der Waals surface area contributed by atoms with Gasteiger partial charge in [-0.15, -0.1) is 11.8 Å². The van der Waals surface area contributed by atoms with Crippen molar-refractivity contribution in [1.82, 2.24) is 0 Å². The topological polar surface area (TPSA) is 17.1 Å². The van der Waals surface area contributed by atoms with Gasteiger partial charge in [0.2, 0.25) is 0 Å². The number of hydrogen-bond donors (Lipinski definition) is 0. The number of ketones is 1. The van der Waals surface area contributed by atoms with Gasteiger partial charge < -0.3 is 0 Å². The summed E-state index contributed by atoms with van der Waals surface area (Å²) in [5, 5.41) is 0. The molecule has 0 atom stereocenters. The van der Waals surface area contributed by atoms with Gasteiger partial charge in [-0.3, -0.25) is 4.79 Å². The van der Waals surface area contributed by atoms with Crippen LogP contribution in [0.15, 0.2) is 47.4 Å². The Balaban J connectivity index is 1.98. The lowest BCUT2D eigenvalue weighted by Gasteiger charge is -2.06. The highest BCUT2D eigenvalue weighted by molar-refractivity contribution is 8.00. The second-order valence-corrected chi connectivity index (χ2v) is 5.49. The van der Waals surface area contributed by atoms with E-state index in [-0.39, 0.29) is 23.5 Å². The van der Waals surface area contributed by atoms with Gasteiger partial charge in [-0.05, 0) is 30.7 Å². The lowest BCUT2D eigenvalue weighted by molar-refractivity contribution is -0.116. The fourth-order valence-corrected chi connectivity index (χ4v) is 2.72. The molecule has 2 aromatic rings. The van der Waals surface area contributed by atoms with Crippen LogP contribution in [0, 0.1) is 18.6 Å². The molecule has 0 aromatic heterocycles. The zero-order valence-electron chi connectivity index (χ0n) is 11.0. The van der Waals surface area contributed by atoms with Crippen molar-refractivity contribution in [3.05, 3.63) is 65.2 Å². The van der Waals surface area contributed by atoms with Gasteiger partial charge in [0.1, 0.15) is 17.4 Å². The number of carbonyl (C=O) groups is 1. The van der Waals surface area contributed by atoms with Crippen molar-refractivity contribution >= 4 is 17.5 Å². The Bertz CT molecular complexity index is 605. The first-order valence-electron chi connectivity index (χ1n) is 6.21. The monoisotopic (exact) mass is 292 g/mol. The van der Waals surface area contributed by atoms with E-state index in [2.05, 4.69) is 0 Å². The molecule has 2 aromatic carbocycles. The summed E-state index contributed by atoms with van der Waals surface area (Å²) < 4.78 is 26.9. The second-order valence-electron chi connectivity index (χ2n) is 4.47. The molecule has 20 heavy (non-hydrogen) atoms. The van der Waals surface area contributed by atoms with Gasteiger partial charge in [0.25, 0.3) is 0 Å². The predicted molar refractivity (Wildman–Crippen MR) is 77.0 cm³/mol. The maximum Gasteiger partial charge on any atom is 0.147 e. The third-order valence-electron chi connectivity index (χ3n) is 2.92. The van der Waals surface area contributed by atoms with E-state index in [1.807, 2.05) is 31.2 Å². The molecule has 0 heterocycles. The molecule has 0 amide bonds. The van der Waals surface area contributed by atoms with E-state index in [1.54, 1.807) is 0 Å². The van der Waals surface area contributed by atoms with Gasteiger partial charge in [0.05, 0.1) is 5.75 Å². The molecule has 0 unspecified atom stereocenters. The number of halogens is 2. The van der Waals surface area contributed by atoms with E-state index >= 15 is 0 Å². The minimum absolute atomic E-state index is 0.150. The molecule has 0 bridgehead atoms. The number of Topliss-reactive ketones (excluding diaryl/α,β-unsaturated/α-hetero) is 1. The molecule has 0 N–H and O–H groups in total. The lowest BCUT2D eigenvalue weighted by atomic mass is 10.1. The first-order chi connectivity index (χ1) is 9.58. The predicted octanol–water partition coefficient (Wildman–Crippen LogP) is 4.18. The van der Waals surface area contributed by atoms with E-state index in [9.17, 15) is 13.6 Å². The van der Waals surface area contributed by atoms with Crippen LogP contribution in [0.25, 0.3) is 0 Å². The molecule has 0 aliphatic heterocycles. The smallest absolute Gasteiger partial charge is 0.147 e. The average Bonchev–Trinajstić information content (AvgIpc) is 2.42. The van der Waals surface area contributed by atoms with E-state index in [0.29, 0.717) is 0 Å². The quantitative estimate of drug-likeness (QED) is 0.769. The third-order valence-corrected chi connectivity index (χ3v) is 4.15. The highest BCUT2D eigenvalue weighted by Crippen LogP contribution is 2.22. The first-order valence-corrected chi connectivity index (χ1v) is 7.19. The molecule has 0 aliphatic rings. The number of carbonyl (C=O) groups excluding carboxylic acids is 1. The summed E-state index contributed by atoms with van der Waals surface area (Å²) in [6, 6.07) is 11.3. The molecule has 0 fully saturated rings. The normalized spacial score (nSPS) is 10.6. The Labute approximate surface area is 121 Å². The Morgan fingerprint density at radius 3 is 2.35 bits per heavy atom. The summed E-state index contributed by atoms with van der Waals surface area (Å²) in [6.07, 6.45) is -0.211. The number of thioether (sulfide) groups is 1. The largest absolute Gasteiger partial charge is 0.298 e. The average molecular weight is 292 g/mol. The van der Waals surface area contributed by atoms with Crippen LogP contribution in [0.4, 0.5) is 8.78 Å². The van der Waals surface area contributed by atoms with Gasteiger partial charge in [0, 0.05) is 16.9 Å². The molecule has 4 heteroatoms. The maximum atomic E-state index is 13.4. The molecule has 0 aliphatic carbocycles. The van der Waals surface area contributed by atoms with E-state index < -0.39 is 11.6 Å². The third kappa shape index (κ3) is 3.67. The maximum absolute atomic E-state index is 13.4. The molecule has 2 rings (SSSR count). The molecule has 104 valence electrons. The van der Waals surface area contributed by atoms with Crippen LogP contribution < -0.4 is 0 Å². The summed E-state index contributed by atoms with van der Waals surface area (Å²) in [4.78, 5) is 12.9. The summed E-state index contributed by atoms with van der Waals surface area (Å²) in [6.45, 7) is 1.96. The van der Waals surface area contributed by atoms with Crippen molar-refractivity contribution in [2.45, 2.75) is 18.2 Å². The van der Waals surface area contributed by atoms with E-state index in [0.717, 1.165) is 10.5 Å². The van der Waals surface area contributed by atoms with Gasteiger partial charge in [0.15, 0.2) is 0 Å². The number of rotatable bonds is 5. The van der Waals surface area contributed by atoms with Crippen molar-refractivity contribution in [3.63, 3.8) is 0 Å². The summed E-state index contributed by atoms with van der Waals surface area (Å²) in [5.41, 5.74) is 0.935. The standard InChI is InChI=1S/C16H14F2OS/c1-11-5-2-3-8-16(11)20-10-12(19)9-13-14(17)6-4-7-15(13)18/h2-8H,9-10H2,1H3. The van der Waals surface area contributed by atoms with Crippen LogP contribution >= 0.6 is 11.8 Å². The molecular formula is C16H14F2OS. The van der Waals surface area contributed by atoms with Gasteiger partial charge in [-0.1, -0.05) is 24.3 Å². The number of benzene rings is 2. The van der Waals surface area contributed by atoms with E-state index in [4.69, 9.17) is 0 Å². The second kappa shape index (κ2) is 6.66. The van der Waals surface area contributed by atoms with Crippen LogP contribution in [-0.4, -0.2) is 11.5 Å². The van der Waals surface area contributed by atoms with Crippen LogP contribution in [0.2, 0.25) is 0 Å². The minimum Gasteiger partial charge on any atom is -0.298 e. The van der Waals surface area contributed by atoms with Crippen molar-refractivity contribution in [1.29, 1.82) is 0 Å². The first kappa shape index (κ1) is 14.7. The van der Waals surface area contributed by atoms with Crippen molar-refractivity contribution in [3.8, 4) is 0 Å². The van der Waals surface area contributed by atoms with Crippen LogP contribution in [0.5, 0.6) is 0 Å². The van der Waals surface area contributed by atoms with Gasteiger partial charge in [-0.25, -0.2) is 8.78 Å². The Kier molecular flexibility index (Phi) is 4.90. The zero-order chi connectivity index (χ0) is 14.5. The molecule has 0 saturated heterocycles. The van der Waals surface area contributed by atoms with Crippen LogP contribution in [0.1, 0.15) is 11.1 Å². The summed E-state index contributed by atoms with van der Waals surface area (Å²) in [7, 11) is 0. The molecule has 0 spiro atoms. The summed E-state index contributed by atoms with van der Waals surface area (Å²) >= 11 is 1.39. The summed E-state index contributed by atoms with van der Waals surface area (Å²) in [5.74, 6) is -1.32. The van der Waals surface area contributed by atoms with E-state index in [1.165, 1.54) is 30.0 Å². The Morgan fingerprint density at radius 1 is 1.05 bits per heavy atom. The molecular weight excluding hydrogens is 278 g/mol. The van der Waals surface area contributed by atoms with Crippen molar-refractivity contribution in [2.24, 2.45) is 0 Å². The Morgan fingerprint density at radius 2 is 1.70 bits per heavy atom. The van der Waals surface area contributed by atoms with Crippen molar-refractivity contribution in [2.75, 3.05) is 5.75 Å². The Hall–Kier alpha value is -1.68. The highest BCUT2D eigenvalue weighted by atomic mass is 32.2. The lowest BCUT2D eigenvalue weighted by Crippen LogP contribution is -2.09. The van der Waals surface area contributed by atoms with Crippen LogP contribution in [-0.2, 0) is 11.2 Å². The number of hydrogen-bond acceptors (Lipinski definition) is 2. The molecule has 0 radical (unpaired) electrons. The fourth-order valence-electron chi connectivity index (χ4n) is 1.83. The number of aryl methyl sites for hydroxylation is 1. The fraction of sp³-hybridized carbons (Fsp3) is 0.188. The SMILES string of the molecule is Cc1ccccc1SCC(=O)Cc1c(F)cccc1F.